The number of rotatable bonds is 5. The van der Waals surface area contributed by atoms with Crippen LogP contribution in [0.2, 0.25) is 0 Å². The molecule has 0 aliphatic carbocycles. The zero-order chi connectivity index (χ0) is 24.9. The van der Waals surface area contributed by atoms with E-state index in [0.717, 1.165) is 50.6 Å². The minimum absolute atomic E-state index is 0.000683. The van der Waals surface area contributed by atoms with E-state index >= 15 is 0 Å². The van der Waals surface area contributed by atoms with Crippen LogP contribution in [0.1, 0.15) is 55.5 Å². The summed E-state index contributed by atoms with van der Waals surface area (Å²) >= 11 is 0. The molecule has 0 atom stereocenters. The summed E-state index contributed by atoms with van der Waals surface area (Å²) in [6, 6.07) is 22.1. The van der Waals surface area contributed by atoms with Crippen molar-refractivity contribution in [3.05, 3.63) is 112 Å². The fourth-order valence-electron chi connectivity index (χ4n) is 5.23. The topological polar surface area (TPSA) is 59.3 Å². The second-order valence-electron chi connectivity index (χ2n) is 9.16. The maximum atomic E-state index is 13.6. The van der Waals surface area contributed by atoms with E-state index in [-0.39, 0.29) is 22.9 Å². The zero-order valence-electron chi connectivity index (χ0n) is 20.3. The van der Waals surface area contributed by atoms with Crippen LogP contribution in [0.5, 0.6) is 5.75 Å². The van der Waals surface area contributed by atoms with Crippen molar-refractivity contribution in [3.8, 4) is 5.75 Å². The van der Waals surface area contributed by atoms with Gasteiger partial charge in [0.15, 0.2) is 11.6 Å². The number of para-hydroxylation sites is 1. The van der Waals surface area contributed by atoms with Crippen LogP contribution in [-0.4, -0.2) is 21.2 Å². The quantitative estimate of drug-likeness (QED) is 0.289. The van der Waals surface area contributed by atoms with Gasteiger partial charge < -0.3 is 9.67 Å². The predicted octanol–water partition coefficient (Wildman–Crippen LogP) is 6.91. The highest BCUT2D eigenvalue weighted by Crippen LogP contribution is 2.33. The number of aryl methyl sites for hydroxylation is 4. The molecule has 5 aromatic rings. The van der Waals surface area contributed by atoms with Gasteiger partial charge in [-0.2, -0.15) is 0 Å². The number of carbonyl (C=O) groups excluding carboxylic acids is 2. The highest BCUT2D eigenvalue weighted by atomic mass is 16.3. The number of nitrogens with zero attached hydrogens (tertiary/aromatic N) is 1. The average Bonchev–Trinajstić information content (AvgIpc) is 3.15. The van der Waals surface area contributed by atoms with Crippen molar-refractivity contribution in [3.63, 3.8) is 0 Å². The molecule has 1 aromatic heterocycles. The molecule has 4 nitrogen and oxygen atoms in total. The molecule has 5 rings (SSSR count). The number of ketones is 2. The minimum atomic E-state index is -0.236. The summed E-state index contributed by atoms with van der Waals surface area (Å²) in [4.78, 5) is 26.7. The predicted molar refractivity (Wildman–Crippen MR) is 141 cm³/mol. The van der Waals surface area contributed by atoms with E-state index in [1.807, 2.05) is 63.2 Å². The molecule has 0 amide bonds. The first kappa shape index (κ1) is 22.6. The number of hydrogen-bond donors (Lipinski definition) is 1. The van der Waals surface area contributed by atoms with Crippen molar-refractivity contribution in [1.82, 2.24) is 4.57 Å². The van der Waals surface area contributed by atoms with Crippen LogP contribution in [0.3, 0.4) is 0 Å². The molecule has 174 valence electrons. The lowest BCUT2D eigenvalue weighted by atomic mass is 9.92. The summed E-state index contributed by atoms with van der Waals surface area (Å²) in [6.07, 6.45) is 0. The molecule has 0 radical (unpaired) electrons. The molecule has 4 aromatic carbocycles. The highest BCUT2D eigenvalue weighted by Gasteiger charge is 2.19. The Kier molecular flexibility index (Phi) is 5.52. The van der Waals surface area contributed by atoms with Crippen LogP contribution >= 0.6 is 0 Å². The summed E-state index contributed by atoms with van der Waals surface area (Å²) in [5.74, 6) is -0.272. The van der Waals surface area contributed by atoms with Gasteiger partial charge in [-0.05, 0) is 87.4 Å². The van der Waals surface area contributed by atoms with Gasteiger partial charge in [0.25, 0.3) is 0 Å². The molecular weight excluding hydrogens is 434 g/mol. The number of fused-ring (bicyclic) bond motifs is 3. The van der Waals surface area contributed by atoms with Crippen LogP contribution in [0.4, 0.5) is 0 Å². The van der Waals surface area contributed by atoms with E-state index in [4.69, 9.17) is 0 Å². The highest BCUT2D eigenvalue weighted by molar-refractivity contribution is 6.18. The van der Waals surface area contributed by atoms with E-state index in [1.165, 1.54) is 6.07 Å². The second kappa shape index (κ2) is 8.55. The van der Waals surface area contributed by atoms with E-state index < -0.39 is 0 Å². The maximum absolute atomic E-state index is 13.6. The first-order chi connectivity index (χ1) is 16.8. The van der Waals surface area contributed by atoms with Crippen molar-refractivity contribution < 1.29 is 14.7 Å². The lowest BCUT2D eigenvalue weighted by molar-refractivity contribution is 0.102. The number of carbonyl (C=O) groups is 2. The Morgan fingerprint density at radius 1 is 0.743 bits per heavy atom. The molecule has 1 N–H and O–H groups in total. The van der Waals surface area contributed by atoms with Crippen LogP contribution < -0.4 is 0 Å². The third-order valence-corrected chi connectivity index (χ3v) is 6.76. The van der Waals surface area contributed by atoms with Crippen LogP contribution in [0.15, 0.2) is 72.8 Å². The van der Waals surface area contributed by atoms with Crippen LogP contribution in [-0.2, 0) is 6.54 Å². The van der Waals surface area contributed by atoms with Gasteiger partial charge in [0, 0.05) is 45.0 Å². The summed E-state index contributed by atoms with van der Waals surface area (Å²) < 4.78 is 2.19. The van der Waals surface area contributed by atoms with Gasteiger partial charge in [0.2, 0.25) is 0 Å². The molecule has 0 aliphatic heterocycles. The fraction of sp³-hybridized carbons (Fsp3) is 0.161. The fourth-order valence-corrected chi connectivity index (χ4v) is 5.23. The molecule has 0 bridgehead atoms. The normalized spacial score (nSPS) is 11.3. The molecule has 1 heterocycles. The number of hydrogen-bond acceptors (Lipinski definition) is 3. The number of aromatic hydroxyl groups is 1. The van der Waals surface area contributed by atoms with Gasteiger partial charge in [-0.25, -0.2) is 0 Å². The summed E-state index contributed by atoms with van der Waals surface area (Å²) in [5.41, 5.74) is 7.23. The van der Waals surface area contributed by atoms with Crippen molar-refractivity contribution in [1.29, 1.82) is 0 Å². The Morgan fingerprint density at radius 2 is 1.29 bits per heavy atom. The van der Waals surface area contributed by atoms with Gasteiger partial charge >= 0.3 is 0 Å². The van der Waals surface area contributed by atoms with Gasteiger partial charge in [-0.1, -0.05) is 29.8 Å². The number of phenols is 1. The lowest BCUT2D eigenvalue weighted by Crippen LogP contribution is -2.07. The Hall–Kier alpha value is -4.18. The molecular formula is C31H27NO3. The molecule has 35 heavy (non-hydrogen) atoms. The number of aromatic nitrogens is 1. The smallest absolute Gasteiger partial charge is 0.196 e. The van der Waals surface area contributed by atoms with Crippen molar-refractivity contribution in [2.75, 3.05) is 0 Å². The Balaban J connectivity index is 1.69. The number of phenolic OH excluding ortho intramolecular Hbond substituents is 1. The van der Waals surface area contributed by atoms with Gasteiger partial charge in [-0.3, -0.25) is 9.59 Å². The Labute approximate surface area is 204 Å². The van der Waals surface area contributed by atoms with Gasteiger partial charge in [-0.15, -0.1) is 0 Å². The minimum Gasteiger partial charge on any atom is -0.507 e. The van der Waals surface area contributed by atoms with E-state index in [2.05, 4.69) is 11.5 Å². The lowest BCUT2D eigenvalue weighted by Gasteiger charge is -2.11. The molecule has 0 saturated heterocycles. The molecule has 0 aliphatic rings. The van der Waals surface area contributed by atoms with Gasteiger partial charge in [0.05, 0.1) is 5.56 Å². The van der Waals surface area contributed by atoms with Crippen LogP contribution in [0.25, 0.3) is 21.8 Å². The first-order valence-corrected chi connectivity index (χ1v) is 11.8. The SMILES string of the molecule is CCn1c2ccc(C(=O)c3ccccc3O)cc2c2cc(C(=O)c3c(C)cc(C)cc3C)ccc21. The zero-order valence-corrected chi connectivity index (χ0v) is 20.3. The summed E-state index contributed by atoms with van der Waals surface area (Å²) in [5, 5.41) is 12.0. The standard InChI is InChI=1S/C31H27NO3/c1-5-32-26-12-10-21(30(34)23-8-6-7-9-28(23)33)16-24(26)25-17-22(11-13-27(25)32)31(35)29-19(3)14-18(2)15-20(29)4/h6-17,33H,5H2,1-4H3. The molecule has 0 saturated carbocycles. The molecule has 0 spiro atoms. The second-order valence-corrected chi connectivity index (χ2v) is 9.16. The largest absolute Gasteiger partial charge is 0.507 e. The Bertz CT molecular complexity index is 1630. The maximum Gasteiger partial charge on any atom is 0.196 e. The first-order valence-electron chi connectivity index (χ1n) is 11.8. The van der Waals surface area contributed by atoms with E-state index in [0.29, 0.717) is 11.1 Å². The van der Waals surface area contributed by atoms with E-state index in [1.54, 1.807) is 24.3 Å². The molecule has 4 heteroatoms. The monoisotopic (exact) mass is 461 g/mol. The van der Waals surface area contributed by atoms with Gasteiger partial charge in [0.1, 0.15) is 5.75 Å². The van der Waals surface area contributed by atoms with Crippen LogP contribution in [0, 0.1) is 20.8 Å². The molecule has 0 fully saturated rings. The third kappa shape index (κ3) is 3.71. The summed E-state index contributed by atoms with van der Waals surface area (Å²) in [6.45, 7) is 8.83. The third-order valence-electron chi connectivity index (χ3n) is 6.76. The Morgan fingerprint density at radius 3 is 1.83 bits per heavy atom. The average molecular weight is 462 g/mol. The van der Waals surface area contributed by atoms with Crippen molar-refractivity contribution >= 4 is 33.4 Å². The molecule has 0 unspecified atom stereocenters. The van der Waals surface area contributed by atoms with Crippen molar-refractivity contribution in [2.45, 2.75) is 34.2 Å². The summed E-state index contributed by atoms with van der Waals surface area (Å²) in [7, 11) is 0. The van der Waals surface area contributed by atoms with E-state index in [9.17, 15) is 14.7 Å². The van der Waals surface area contributed by atoms with Crippen molar-refractivity contribution in [2.24, 2.45) is 0 Å². The number of benzene rings is 4.